The minimum Gasteiger partial charge on any atom is -0.314 e. The molecule has 2 nitrogen and oxygen atoms in total. The molecule has 2 N–H and O–H groups in total. The Kier molecular flexibility index (Phi) is 6.35. The van der Waals surface area contributed by atoms with E-state index in [4.69, 9.17) is 0 Å². The molecule has 2 heteroatoms. The zero-order chi connectivity index (χ0) is 10.3. The van der Waals surface area contributed by atoms with E-state index in [2.05, 4.69) is 45.3 Å². The fourth-order valence-corrected chi connectivity index (χ4v) is 1.04. The highest BCUT2D eigenvalue weighted by Crippen LogP contribution is 1.97. The zero-order valence-corrected chi connectivity index (χ0v) is 9.91. The van der Waals surface area contributed by atoms with Crippen LogP contribution in [-0.4, -0.2) is 24.7 Å². The molecule has 0 rings (SSSR count). The van der Waals surface area contributed by atoms with Gasteiger partial charge >= 0.3 is 0 Å². The second-order valence-electron chi connectivity index (χ2n) is 4.79. The lowest BCUT2D eigenvalue weighted by molar-refractivity contribution is 0.413. The summed E-state index contributed by atoms with van der Waals surface area (Å²) in [6.45, 7) is 13.3. The van der Waals surface area contributed by atoms with Gasteiger partial charge in [-0.2, -0.15) is 0 Å². The lowest BCUT2D eigenvalue weighted by Crippen LogP contribution is -2.38. The predicted octanol–water partition coefficient (Wildman–Crippen LogP) is 2.15. The van der Waals surface area contributed by atoms with E-state index in [0.717, 1.165) is 13.1 Å². The molecule has 0 heterocycles. The molecule has 0 aliphatic carbocycles. The third-order valence-corrected chi connectivity index (χ3v) is 2.11. The van der Waals surface area contributed by atoms with Crippen LogP contribution in [0.4, 0.5) is 0 Å². The molecule has 0 fully saturated rings. The van der Waals surface area contributed by atoms with Gasteiger partial charge in [0.1, 0.15) is 0 Å². The number of rotatable bonds is 6. The first-order valence-electron chi connectivity index (χ1n) is 5.44. The Morgan fingerprint density at radius 1 is 1.15 bits per heavy atom. The van der Waals surface area contributed by atoms with Crippen molar-refractivity contribution < 1.29 is 0 Å². The van der Waals surface area contributed by atoms with E-state index in [0.29, 0.717) is 6.04 Å². The molecule has 80 valence electrons. The van der Waals surface area contributed by atoms with Crippen molar-refractivity contribution in [1.82, 2.24) is 10.6 Å². The number of nitrogens with one attached hydrogen (secondary N) is 2. The topological polar surface area (TPSA) is 24.1 Å². The molecule has 0 radical (unpaired) electrons. The summed E-state index contributed by atoms with van der Waals surface area (Å²) in [4.78, 5) is 0. The molecule has 1 atom stereocenters. The molecular weight excluding hydrogens is 160 g/mol. The maximum absolute atomic E-state index is 3.48. The fraction of sp³-hybridized carbons (Fsp3) is 1.00. The fourth-order valence-electron chi connectivity index (χ4n) is 1.04. The summed E-state index contributed by atoms with van der Waals surface area (Å²) < 4.78 is 0. The van der Waals surface area contributed by atoms with Gasteiger partial charge in [0.05, 0.1) is 0 Å². The monoisotopic (exact) mass is 186 g/mol. The molecule has 0 saturated carbocycles. The van der Waals surface area contributed by atoms with Crippen molar-refractivity contribution in [3.63, 3.8) is 0 Å². The Morgan fingerprint density at radius 2 is 1.77 bits per heavy atom. The van der Waals surface area contributed by atoms with Crippen LogP contribution >= 0.6 is 0 Å². The van der Waals surface area contributed by atoms with E-state index >= 15 is 0 Å². The molecule has 1 unspecified atom stereocenters. The summed E-state index contributed by atoms with van der Waals surface area (Å²) in [7, 11) is 0. The summed E-state index contributed by atoms with van der Waals surface area (Å²) in [6.07, 6.45) is 2.42. The SMILES string of the molecule is CCC(C)NCCCNC(C)(C)C. The van der Waals surface area contributed by atoms with Gasteiger partial charge in [-0.25, -0.2) is 0 Å². The first-order chi connectivity index (χ1) is 5.95. The van der Waals surface area contributed by atoms with Crippen LogP contribution in [0.1, 0.15) is 47.5 Å². The van der Waals surface area contributed by atoms with Crippen LogP contribution in [0.15, 0.2) is 0 Å². The van der Waals surface area contributed by atoms with Gasteiger partial charge in [0.2, 0.25) is 0 Å². The van der Waals surface area contributed by atoms with Gasteiger partial charge in [0, 0.05) is 11.6 Å². The largest absolute Gasteiger partial charge is 0.314 e. The van der Waals surface area contributed by atoms with Crippen molar-refractivity contribution in [1.29, 1.82) is 0 Å². The molecule has 0 aliphatic rings. The van der Waals surface area contributed by atoms with Crippen molar-refractivity contribution in [2.24, 2.45) is 0 Å². The quantitative estimate of drug-likeness (QED) is 0.621. The summed E-state index contributed by atoms with van der Waals surface area (Å²) in [5.41, 5.74) is 0.260. The first kappa shape index (κ1) is 12.9. The van der Waals surface area contributed by atoms with Gasteiger partial charge in [-0.3, -0.25) is 0 Å². The van der Waals surface area contributed by atoms with Crippen molar-refractivity contribution in [3.05, 3.63) is 0 Å². The molecule has 0 bridgehead atoms. The molecule has 0 aromatic carbocycles. The summed E-state index contributed by atoms with van der Waals surface area (Å²) in [6, 6.07) is 0.662. The van der Waals surface area contributed by atoms with Crippen molar-refractivity contribution in [3.8, 4) is 0 Å². The smallest absolute Gasteiger partial charge is 0.00965 e. The van der Waals surface area contributed by atoms with Crippen LogP contribution in [0, 0.1) is 0 Å². The van der Waals surface area contributed by atoms with E-state index in [1.807, 2.05) is 0 Å². The second kappa shape index (κ2) is 6.39. The van der Waals surface area contributed by atoms with E-state index < -0.39 is 0 Å². The Labute approximate surface area is 83.5 Å². The summed E-state index contributed by atoms with van der Waals surface area (Å²) >= 11 is 0. The molecule has 0 aromatic rings. The van der Waals surface area contributed by atoms with Crippen LogP contribution in [-0.2, 0) is 0 Å². The first-order valence-corrected chi connectivity index (χ1v) is 5.44. The lowest BCUT2D eigenvalue weighted by Gasteiger charge is -2.20. The maximum Gasteiger partial charge on any atom is 0.00965 e. The average Bonchev–Trinajstić information content (AvgIpc) is 2.01. The highest BCUT2D eigenvalue weighted by molar-refractivity contribution is 4.70. The van der Waals surface area contributed by atoms with E-state index in [1.54, 1.807) is 0 Å². The van der Waals surface area contributed by atoms with Gasteiger partial charge in [-0.05, 0) is 53.6 Å². The van der Waals surface area contributed by atoms with Gasteiger partial charge in [0.15, 0.2) is 0 Å². The average molecular weight is 186 g/mol. The Hall–Kier alpha value is -0.0800. The van der Waals surface area contributed by atoms with E-state index in [9.17, 15) is 0 Å². The molecular formula is C11H26N2. The van der Waals surface area contributed by atoms with Crippen molar-refractivity contribution >= 4 is 0 Å². The summed E-state index contributed by atoms with van der Waals surface area (Å²) in [5, 5.41) is 6.95. The van der Waals surface area contributed by atoms with Crippen LogP contribution in [0.3, 0.4) is 0 Å². The highest BCUT2D eigenvalue weighted by Gasteiger charge is 2.06. The molecule has 0 amide bonds. The third kappa shape index (κ3) is 9.84. The van der Waals surface area contributed by atoms with Gasteiger partial charge in [0.25, 0.3) is 0 Å². The normalized spacial score (nSPS) is 14.5. The van der Waals surface area contributed by atoms with Gasteiger partial charge in [-0.15, -0.1) is 0 Å². The van der Waals surface area contributed by atoms with Crippen LogP contribution < -0.4 is 10.6 Å². The highest BCUT2D eigenvalue weighted by atomic mass is 15.0. The second-order valence-corrected chi connectivity index (χ2v) is 4.79. The van der Waals surface area contributed by atoms with Crippen LogP contribution in [0.25, 0.3) is 0 Å². The Bertz CT molecular complexity index is 116. The molecule has 0 saturated heterocycles. The molecule has 0 spiro atoms. The third-order valence-electron chi connectivity index (χ3n) is 2.11. The molecule has 13 heavy (non-hydrogen) atoms. The maximum atomic E-state index is 3.48. The Balaban J connectivity index is 3.18. The number of hydrogen-bond donors (Lipinski definition) is 2. The van der Waals surface area contributed by atoms with Crippen molar-refractivity contribution in [2.75, 3.05) is 13.1 Å². The standard InChI is InChI=1S/C11H26N2/c1-6-10(2)12-8-7-9-13-11(3,4)5/h10,12-13H,6-9H2,1-5H3. The lowest BCUT2D eigenvalue weighted by atomic mass is 10.1. The van der Waals surface area contributed by atoms with Crippen LogP contribution in [0.2, 0.25) is 0 Å². The molecule has 0 aliphatic heterocycles. The Morgan fingerprint density at radius 3 is 2.23 bits per heavy atom. The minimum atomic E-state index is 0.260. The van der Waals surface area contributed by atoms with Crippen molar-refractivity contribution in [2.45, 2.75) is 59.0 Å². The molecule has 0 aromatic heterocycles. The van der Waals surface area contributed by atoms with E-state index in [-0.39, 0.29) is 5.54 Å². The predicted molar refractivity (Wildman–Crippen MR) is 60.1 cm³/mol. The minimum absolute atomic E-state index is 0.260. The van der Waals surface area contributed by atoms with Gasteiger partial charge < -0.3 is 10.6 Å². The van der Waals surface area contributed by atoms with Crippen LogP contribution in [0.5, 0.6) is 0 Å². The van der Waals surface area contributed by atoms with E-state index in [1.165, 1.54) is 12.8 Å². The van der Waals surface area contributed by atoms with Gasteiger partial charge in [-0.1, -0.05) is 6.92 Å². The summed E-state index contributed by atoms with van der Waals surface area (Å²) in [5.74, 6) is 0. The number of hydrogen-bond acceptors (Lipinski definition) is 2. The zero-order valence-electron chi connectivity index (χ0n) is 9.91.